The van der Waals surface area contributed by atoms with Crippen molar-refractivity contribution >= 4 is 31.6 Å². The topological polar surface area (TPSA) is 100 Å². The maximum absolute atomic E-state index is 13.2. The lowest BCUT2D eigenvalue weighted by atomic mass is 9.99. The van der Waals surface area contributed by atoms with Crippen LogP contribution < -0.4 is 10.1 Å². The summed E-state index contributed by atoms with van der Waals surface area (Å²) in [4.78, 5) is 25.7. The Hall–Kier alpha value is -2.59. The average Bonchev–Trinajstić information content (AvgIpc) is 3.08. The van der Waals surface area contributed by atoms with Crippen LogP contribution in [0, 0.1) is 6.92 Å². The first-order valence-electron chi connectivity index (χ1n) is 13.2. The van der Waals surface area contributed by atoms with Crippen molar-refractivity contribution in [2.75, 3.05) is 19.0 Å². The highest BCUT2D eigenvalue weighted by Gasteiger charge is 2.41. The number of hydrogen-bond donors (Lipinski definition) is 1. The number of aryl methyl sites for hydroxylation is 2. The van der Waals surface area contributed by atoms with E-state index >= 15 is 0 Å². The van der Waals surface area contributed by atoms with Gasteiger partial charge in [0.1, 0.15) is 11.2 Å². The van der Waals surface area contributed by atoms with E-state index in [9.17, 15) is 9.59 Å². The Bertz CT molecular complexity index is 1170. The van der Waals surface area contributed by atoms with Gasteiger partial charge in [0.25, 0.3) is 0 Å². The zero-order valence-electron chi connectivity index (χ0n) is 25.5. The summed E-state index contributed by atoms with van der Waals surface area (Å²) in [5, 5.41) is 7.64. The van der Waals surface area contributed by atoms with Crippen LogP contribution in [-0.2, 0) is 20.3 Å². The average molecular weight is 550 g/mol. The van der Waals surface area contributed by atoms with Crippen LogP contribution in [-0.4, -0.2) is 54.9 Å². The number of carbonyl (C=O) groups excluding carboxylic acids is 2. The second-order valence-electron chi connectivity index (χ2n) is 12.8. The van der Waals surface area contributed by atoms with E-state index in [-0.39, 0.29) is 11.6 Å². The van der Waals surface area contributed by atoms with Crippen LogP contribution in [0.25, 0.3) is 5.52 Å². The highest BCUT2D eigenvalue weighted by Crippen LogP contribution is 2.40. The molecule has 0 radical (unpaired) electrons. The fraction of sp³-hybridized carbons (Fsp3) is 0.679. The second kappa shape index (κ2) is 11.3. The Morgan fingerprint density at radius 3 is 2.18 bits per heavy atom. The van der Waals surface area contributed by atoms with Crippen molar-refractivity contribution in [1.29, 1.82) is 0 Å². The minimum Gasteiger partial charge on any atom is -0.493 e. The van der Waals surface area contributed by atoms with Gasteiger partial charge in [-0.1, -0.05) is 20.8 Å². The third kappa shape index (κ3) is 7.50. The van der Waals surface area contributed by atoms with Gasteiger partial charge in [-0.3, -0.25) is 5.32 Å². The zero-order valence-corrected chi connectivity index (χ0v) is 26.5. The summed E-state index contributed by atoms with van der Waals surface area (Å²) in [5.74, 6) is -0.0391. The molecule has 0 saturated carbocycles. The number of pyridine rings is 1. The molecule has 0 bridgehead atoms. The molecule has 1 N–H and O–H groups in total. The van der Waals surface area contributed by atoms with Crippen molar-refractivity contribution in [3.05, 3.63) is 23.0 Å². The number of nitrogens with one attached hydrogen (secondary N) is 1. The van der Waals surface area contributed by atoms with Gasteiger partial charge in [-0.25, -0.2) is 14.1 Å². The Balaban J connectivity index is 2.56. The van der Waals surface area contributed by atoms with Gasteiger partial charge in [-0.2, -0.15) is 5.10 Å². The van der Waals surface area contributed by atoms with E-state index in [4.69, 9.17) is 23.7 Å². The molecule has 2 aromatic rings. The largest absolute Gasteiger partial charge is 0.493 e. The van der Waals surface area contributed by atoms with Crippen LogP contribution in [0.15, 0.2) is 6.07 Å². The predicted octanol–water partition coefficient (Wildman–Crippen LogP) is 6.91. The Morgan fingerprint density at radius 1 is 1.08 bits per heavy atom. The van der Waals surface area contributed by atoms with Gasteiger partial charge in [0, 0.05) is 0 Å². The van der Waals surface area contributed by atoms with Gasteiger partial charge >= 0.3 is 12.1 Å². The molecular formula is C28H47N3O6Si. The molecular weight excluding hydrogens is 502 g/mol. The Morgan fingerprint density at radius 2 is 1.68 bits per heavy atom. The number of nitrogens with zero attached hydrogens (tertiary/aromatic N) is 2. The molecule has 0 saturated heterocycles. The first-order chi connectivity index (χ1) is 17.2. The van der Waals surface area contributed by atoms with Crippen LogP contribution in [0.2, 0.25) is 18.1 Å². The highest BCUT2D eigenvalue weighted by atomic mass is 28.4. The van der Waals surface area contributed by atoms with E-state index in [1.165, 1.54) is 7.11 Å². The summed E-state index contributed by atoms with van der Waals surface area (Å²) in [6.45, 7) is 24.5. The minimum atomic E-state index is -2.01. The summed E-state index contributed by atoms with van der Waals surface area (Å²) in [5.41, 5.74) is 1.42. The van der Waals surface area contributed by atoms with Crippen molar-refractivity contribution in [2.45, 2.75) is 111 Å². The smallest absolute Gasteiger partial charge is 0.412 e. The van der Waals surface area contributed by atoms with Gasteiger partial charge in [-0.05, 0) is 85.5 Å². The summed E-state index contributed by atoms with van der Waals surface area (Å²) < 4.78 is 24.8. The molecule has 38 heavy (non-hydrogen) atoms. The monoisotopic (exact) mass is 549 g/mol. The third-order valence-corrected chi connectivity index (χ3v) is 11.5. The predicted molar refractivity (Wildman–Crippen MR) is 153 cm³/mol. The Kier molecular flexibility index (Phi) is 9.37. The third-order valence-electron chi connectivity index (χ3n) is 6.79. The molecule has 0 spiro atoms. The van der Waals surface area contributed by atoms with Crippen LogP contribution in [0.4, 0.5) is 10.5 Å². The summed E-state index contributed by atoms with van der Waals surface area (Å²) in [7, 11) is -0.486. The number of anilines is 1. The molecule has 214 valence electrons. The summed E-state index contributed by atoms with van der Waals surface area (Å²) >= 11 is 0. The maximum atomic E-state index is 13.2. The molecule has 2 heterocycles. The van der Waals surface area contributed by atoms with E-state index < -0.39 is 31.6 Å². The van der Waals surface area contributed by atoms with Gasteiger partial charge in [0.15, 0.2) is 14.1 Å². The fourth-order valence-electron chi connectivity index (χ4n) is 4.04. The molecule has 10 heteroatoms. The molecule has 0 fully saturated rings. The first kappa shape index (κ1) is 31.6. The molecule has 0 aromatic carbocycles. The lowest BCUT2D eigenvalue weighted by Crippen LogP contribution is -2.47. The van der Waals surface area contributed by atoms with E-state index in [2.05, 4.69) is 53.0 Å². The lowest BCUT2D eigenvalue weighted by molar-refractivity contribution is 0.0524. The zero-order chi connectivity index (χ0) is 29.3. The fourth-order valence-corrected chi connectivity index (χ4v) is 5.83. The number of carbonyl (C=O) groups is 2. The first-order valence-corrected chi connectivity index (χ1v) is 16.1. The quantitative estimate of drug-likeness (QED) is 0.268. The number of methoxy groups -OCH3 is 1. The van der Waals surface area contributed by atoms with Crippen molar-refractivity contribution in [3.63, 3.8) is 0 Å². The van der Waals surface area contributed by atoms with E-state index in [1.54, 1.807) is 38.3 Å². The number of esters is 1. The van der Waals surface area contributed by atoms with Crippen molar-refractivity contribution < 1.29 is 28.2 Å². The van der Waals surface area contributed by atoms with Gasteiger partial charge in [0.05, 0.1) is 41.9 Å². The molecule has 1 amide bonds. The van der Waals surface area contributed by atoms with Gasteiger partial charge in [-0.15, -0.1) is 0 Å². The highest BCUT2D eigenvalue weighted by molar-refractivity contribution is 6.74. The second-order valence-corrected chi connectivity index (χ2v) is 17.5. The molecule has 0 aliphatic carbocycles. The number of hydrogen-bond acceptors (Lipinski definition) is 7. The van der Waals surface area contributed by atoms with E-state index in [1.807, 2.05) is 6.92 Å². The number of amides is 1. The van der Waals surface area contributed by atoms with Crippen molar-refractivity contribution in [1.82, 2.24) is 9.61 Å². The summed E-state index contributed by atoms with van der Waals surface area (Å²) in [6.07, 6.45) is 0.546. The van der Waals surface area contributed by atoms with Crippen LogP contribution in [0.5, 0.6) is 5.75 Å². The normalized spacial score (nSPS) is 13.0. The molecule has 0 unspecified atom stereocenters. The van der Waals surface area contributed by atoms with Crippen molar-refractivity contribution in [3.8, 4) is 5.75 Å². The molecule has 0 aliphatic heterocycles. The van der Waals surface area contributed by atoms with Gasteiger partial charge in [0.2, 0.25) is 0 Å². The van der Waals surface area contributed by atoms with E-state index in [0.717, 1.165) is 0 Å². The van der Waals surface area contributed by atoms with Crippen LogP contribution in [0.3, 0.4) is 0 Å². The van der Waals surface area contributed by atoms with Crippen LogP contribution >= 0.6 is 0 Å². The molecule has 0 aliphatic rings. The van der Waals surface area contributed by atoms with E-state index in [0.29, 0.717) is 46.7 Å². The SMILES string of the molecule is CCOC(=O)c1c(CCC(C)(C)O[Si](C)(C)C(C)(C)C)nn2c(C)c(OC)c(NC(=O)OC(C)(C)C)cc12. The van der Waals surface area contributed by atoms with Crippen LogP contribution in [0.1, 0.15) is 90.5 Å². The number of fused-ring (bicyclic) bond motifs is 1. The van der Waals surface area contributed by atoms with Crippen molar-refractivity contribution in [2.24, 2.45) is 0 Å². The summed E-state index contributed by atoms with van der Waals surface area (Å²) in [6, 6.07) is 1.68. The Labute approximate surface area is 228 Å². The standard InChI is InChI=1S/C28H47N3O6Si/c1-14-35-24(32)22-19(15-16-28(9,10)37-38(12,13)27(6,7)8)30-31-18(2)23(34-11)20(17-21(22)31)29-25(33)36-26(3,4)5/h17H,14-16H2,1-13H3,(H,29,33). The molecule has 9 nitrogen and oxygen atoms in total. The van der Waals surface area contributed by atoms with Gasteiger partial charge < -0.3 is 18.6 Å². The number of rotatable bonds is 9. The molecule has 0 atom stereocenters. The number of ether oxygens (including phenoxy) is 3. The minimum absolute atomic E-state index is 0.0780. The molecule has 2 aromatic heterocycles. The lowest BCUT2D eigenvalue weighted by Gasteiger charge is -2.42. The number of aromatic nitrogens is 2. The maximum Gasteiger partial charge on any atom is 0.412 e. The molecule has 2 rings (SSSR count).